The molecule has 126 valence electrons. The van der Waals surface area contributed by atoms with Crippen molar-refractivity contribution in [2.75, 3.05) is 5.32 Å². The van der Waals surface area contributed by atoms with Crippen LogP contribution in [0.3, 0.4) is 0 Å². The highest BCUT2D eigenvalue weighted by Crippen LogP contribution is 2.20. The lowest BCUT2D eigenvalue weighted by Gasteiger charge is -2.15. The minimum atomic E-state index is -0.963. The molecule has 1 atom stereocenters. The van der Waals surface area contributed by atoms with Gasteiger partial charge in [0.25, 0.3) is 5.91 Å². The number of aryl methyl sites for hydroxylation is 3. The Balaban J connectivity index is 2.07. The highest BCUT2D eigenvalue weighted by Gasteiger charge is 2.23. The molecule has 0 saturated carbocycles. The van der Waals surface area contributed by atoms with Gasteiger partial charge in [0.1, 0.15) is 5.15 Å². The number of amides is 1. The molecule has 24 heavy (non-hydrogen) atoms. The zero-order chi connectivity index (χ0) is 17.9. The predicted octanol–water partition coefficient (Wildman–Crippen LogP) is 3.84. The summed E-state index contributed by atoms with van der Waals surface area (Å²) in [5.74, 6) is -1.08. The van der Waals surface area contributed by atoms with Crippen molar-refractivity contribution < 1.29 is 14.3 Å². The number of ether oxygens (including phenoxy) is 1. The number of esters is 1. The number of halogens is 1. The molecule has 5 nitrogen and oxygen atoms in total. The van der Waals surface area contributed by atoms with Crippen LogP contribution in [-0.2, 0) is 9.53 Å². The number of carbonyl (C=O) groups excluding carboxylic acids is 2. The second kappa shape index (κ2) is 7.45. The molecule has 2 aromatic rings. The molecule has 1 amide bonds. The van der Waals surface area contributed by atoms with Gasteiger partial charge in [0.2, 0.25) is 0 Å². The van der Waals surface area contributed by atoms with E-state index in [4.69, 9.17) is 16.3 Å². The molecule has 0 aliphatic carbocycles. The Kier molecular flexibility index (Phi) is 5.57. The molecule has 0 aliphatic heterocycles. The van der Waals surface area contributed by atoms with E-state index in [0.29, 0.717) is 16.9 Å². The van der Waals surface area contributed by atoms with Crippen LogP contribution in [0.2, 0.25) is 5.15 Å². The molecule has 2 rings (SSSR count). The normalized spacial score (nSPS) is 11.7. The van der Waals surface area contributed by atoms with Gasteiger partial charge in [-0.3, -0.25) is 4.79 Å². The molecule has 0 saturated heterocycles. The molecular weight excluding hydrogens is 328 g/mol. The number of pyridine rings is 1. The second-order valence-corrected chi connectivity index (χ2v) is 6.01. The number of rotatable bonds is 4. The Hall–Kier alpha value is -2.40. The number of benzene rings is 1. The van der Waals surface area contributed by atoms with E-state index in [1.54, 1.807) is 26.0 Å². The number of hydrogen-bond acceptors (Lipinski definition) is 4. The van der Waals surface area contributed by atoms with Crippen molar-refractivity contribution in [3.8, 4) is 0 Å². The Morgan fingerprint density at radius 2 is 1.92 bits per heavy atom. The van der Waals surface area contributed by atoms with Crippen LogP contribution in [-0.4, -0.2) is 23.0 Å². The largest absolute Gasteiger partial charge is 0.449 e. The third-order valence-corrected chi connectivity index (χ3v) is 3.72. The molecule has 0 aliphatic rings. The lowest BCUT2D eigenvalue weighted by molar-refractivity contribution is -0.123. The van der Waals surface area contributed by atoms with Gasteiger partial charge in [-0.25, -0.2) is 9.78 Å². The first-order valence-electron chi connectivity index (χ1n) is 7.50. The standard InChI is InChI=1S/C18H19ClN2O3/c1-10-6-5-7-14(8-10)21-17(22)13(4)24-18(23)15-11(2)9-12(3)20-16(15)19/h5-9,13H,1-4H3,(H,21,22)/t13-/m1/s1. The van der Waals surface area contributed by atoms with Crippen LogP contribution < -0.4 is 5.32 Å². The zero-order valence-electron chi connectivity index (χ0n) is 14.0. The number of nitrogens with zero attached hydrogens (tertiary/aromatic N) is 1. The monoisotopic (exact) mass is 346 g/mol. The molecule has 0 spiro atoms. The van der Waals surface area contributed by atoms with Crippen LogP contribution in [0.25, 0.3) is 0 Å². The number of nitrogens with one attached hydrogen (secondary N) is 1. The van der Waals surface area contributed by atoms with Crippen LogP contribution in [0.4, 0.5) is 5.69 Å². The summed E-state index contributed by atoms with van der Waals surface area (Å²) in [7, 11) is 0. The maximum absolute atomic E-state index is 12.3. The summed E-state index contributed by atoms with van der Waals surface area (Å²) in [6, 6.07) is 9.10. The lowest BCUT2D eigenvalue weighted by atomic mass is 10.1. The molecule has 0 fully saturated rings. The Morgan fingerprint density at radius 1 is 1.21 bits per heavy atom. The van der Waals surface area contributed by atoms with Crippen molar-refractivity contribution >= 4 is 29.2 Å². The van der Waals surface area contributed by atoms with Gasteiger partial charge in [-0.05, 0) is 57.0 Å². The van der Waals surface area contributed by atoms with Crippen molar-refractivity contribution in [2.24, 2.45) is 0 Å². The highest BCUT2D eigenvalue weighted by molar-refractivity contribution is 6.32. The van der Waals surface area contributed by atoms with E-state index >= 15 is 0 Å². The second-order valence-electron chi connectivity index (χ2n) is 5.65. The summed E-state index contributed by atoms with van der Waals surface area (Å²) in [5.41, 5.74) is 3.21. The maximum atomic E-state index is 12.3. The van der Waals surface area contributed by atoms with Crippen molar-refractivity contribution in [3.63, 3.8) is 0 Å². The van der Waals surface area contributed by atoms with E-state index in [1.165, 1.54) is 6.92 Å². The smallest absolute Gasteiger partial charge is 0.342 e. The molecule has 0 unspecified atom stereocenters. The molecular formula is C18H19ClN2O3. The SMILES string of the molecule is Cc1cccc(NC(=O)[C@@H](C)OC(=O)c2c(C)cc(C)nc2Cl)c1. The van der Waals surface area contributed by atoms with E-state index in [9.17, 15) is 9.59 Å². The first-order chi connectivity index (χ1) is 11.3. The molecule has 1 aromatic heterocycles. The molecule has 6 heteroatoms. The summed E-state index contributed by atoms with van der Waals surface area (Å²) < 4.78 is 5.23. The number of anilines is 1. The quantitative estimate of drug-likeness (QED) is 0.674. The predicted molar refractivity (Wildman–Crippen MR) is 93.4 cm³/mol. The summed E-state index contributed by atoms with van der Waals surface area (Å²) in [4.78, 5) is 28.5. The van der Waals surface area contributed by atoms with Gasteiger partial charge in [-0.2, -0.15) is 0 Å². The van der Waals surface area contributed by atoms with E-state index in [-0.39, 0.29) is 10.7 Å². The molecule has 1 aromatic carbocycles. The van der Waals surface area contributed by atoms with Gasteiger partial charge in [-0.1, -0.05) is 23.7 Å². The Labute approximate surface area is 146 Å². The van der Waals surface area contributed by atoms with Gasteiger partial charge in [0, 0.05) is 11.4 Å². The van der Waals surface area contributed by atoms with Crippen LogP contribution in [0, 0.1) is 20.8 Å². The number of hydrogen-bond donors (Lipinski definition) is 1. The average molecular weight is 347 g/mol. The summed E-state index contributed by atoms with van der Waals surface area (Å²) in [5, 5.41) is 2.79. The van der Waals surface area contributed by atoms with Gasteiger partial charge < -0.3 is 10.1 Å². The molecule has 1 N–H and O–H groups in total. The highest BCUT2D eigenvalue weighted by atomic mass is 35.5. The first-order valence-corrected chi connectivity index (χ1v) is 7.88. The van der Waals surface area contributed by atoms with Crippen LogP contribution in [0.5, 0.6) is 0 Å². The van der Waals surface area contributed by atoms with Crippen molar-refractivity contribution in [3.05, 3.63) is 57.9 Å². The zero-order valence-corrected chi connectivity index (χ0v) is 14.8. The summed E-state index contributed by atoms with van der Waals surface area (Å²) >= 11 is 6.03. The fourth-order valence-electron chi connectivity index (χ4n) is 2.28. The van der Waals surface area contributed by atoms with E-state index < -0.39 is 18.0 Å². The van der Waals surface area contributed by atoms with Crippen LogP contribution >= 0.6 is 11.6 Å². The average Bonchev–Trinajstić information content (AvgIpc) is 2.45. The van der Waals surface area contributed by atoms with Gasteiger partial charge in [0.15, 0.2) is 6.10 Å². The minimum Gasteiger partial charge on any atom is -0.449 e. The molecule has 1 heterocycles. The van der Waals surface area contributed by atoms with Gasteiger partial charge in [-0.15, -0.1) is 0 Å². The van der Waals surface area contributed by atoms with Crippen LogP contribution in [0.15, 0.2) is 30.3 Å². The van der Waals surface area contributed by atoms with E-state index in [0.717, 1.165) is 5.56 Å². The third-order valence-electron chi connectivity index (χ3n) is 3.44. The van der Waals surface area contributed by atoms with Gasteiger partial charge >= 0.3 is 5.97 Å². The van der Waals surface area contributed by atoms with E-state index in [2.05, 4.69) is 10.3 Å². The van der Waals surface area contributed by atoms with Crippen LogP contribution in [0.1, 0.15) is 34.1 Å². The summed E-state index contributed by atoms with van der Waals surface area (Å²) in [6.07, 6.45) is -0.963. The fourth-order valence-corrected chi connectivity index (χ4v) is 2.64. The number of carbonyl (C=O) groups is 2. The molecule has 0 bridgehead atoms. The Morgan fingerprint density at radius 3 is 2.54 bits per heavy atom. The lowest BCUT2D eigenvalue weighted by Crippen LogP contribution is -2.30. The van der Waals surface area contributed by atoms with Gasteiger partial charge in [0.05, 0.1) is 5.56 Å². The van der Waals surface area contributed by atoms with E-state index in [1.807, 2.05) is 25.1 Å². The minimum absolute atomic E-state index is 0.0730. The maximum Gasteiger partial charge on any atom is 0.342 e. The summed E-state index contributed by atoms with van der Waals surface area (Å²) in [6.45, 7) is 6.96. The topological polar surface area (TPSA) is 68.3 Å². The Bertz CT molecular complexity index is 767. The third kappa shape index (κ3) is 4.32. The van der Waals surface area contributed by atoms with Crippen molar-refractivity contribution in [1.82, 2.24) is 4.98 Å². The number of aromatic nitrogens is 1. The molecule has 0 radical (unpaired) electrons. The van der Waals surface area contributed by atoms with Crippen molar-refractivity contribution in [2.45, 2.75) is 33.8 Å². The van der Waals surface area contributed by atoms with Crippen molar-refractivity contribution in [1.29, 1.82) is 0 Å². The first kappa shape index (κ1) is 17.9. The fraction of sp³-hybridized carbons (Fsp3) is 0.278.